The van der Waals surface area contributed by atoms with E-state index in [9.17, 15) is 17.2 Å². The number of hydrogen-bond donors (Lipinski definition) is 1. The predicted molar refractivity (Wildman–Crippen MR) is 92.0 cm³/mol. The zero-order valence-electron chi connectivity index (χ0n) is 14.5. The Hall–Kier alpha value is -0.760. The highest BCUT2D eigenvalue weighted by atomic mass is 32.3. The lowest BCUT2D eigenvalue weighted by Crippen LogP contribution is -2.26. The van der Waals surface area contributed by atoms with E-state index in [1.807, 2.05) is 0 Å². The largest absolute Gasteiger partial charge is 0.759 e. The summed E-state index contributed by atoms with van der Waals surface area (Å²) in [6.07, 6.45) is 0.964. The molecule has 0 amide bonds. The Morgan fingerprint density at radius 3 is 1.91 bits per heavy atom. The molecular formula is C16H26NO4S2-. The van der Waals surface area contributed by atoms with Crippen molar-refractivity contribution < 1.29 is 17.2 Å². The maximum atomic E-state index is 11.8. The topological polar surface area (TPSA) is 86.3 Å². The van der Waals surface area contributed by atoms with Gasteiger partial charge in [-0.1, -0.05) is 53.7 Å². The summed E-state index contributed by atoms with van der Waals surface area (Å²) in [6, 6.07) is 6.44. The van der Waals surface area contributed by atoms with Crippen molar-refractivity contribution in [2.24, 2.45) is 10.8 Å². The van der Waals surface area contributed by atoms with Crippen molar-refractivity contribution in [1.29, 1.82) is 0 Å². The highest BCUT2D eigenvalue weighted by Gasteiger charge is 2.30. The van der Waals surface area contributed by atoms with Crippen LogP contribution in [0.3, 0.4) is 0 Å². The van der Waals surface area contributed by atoms with E-state index in [4.69, 9.17) is 0 Å². The molecule has 1 aromatic rings. The molecule has 5 nitrogen and oxygen atoms in total. The highest BCUT2D eigenvalue weighted by Crippen LogP contribution is 2.43. The Morgan fingerprint density at radius 2 is 1.57 bits per heavy atom. The molecule has 23 heavy (non-hydrogen) atoms. The summed E-state index contributed by atoms with van der Waals surface area (Å²) in [4.78, 5) is -0.0612. The van der Waals surface area contributed by atoms with E-state index >= 15 is 0 Å². The Kier molecular flexibility index (Phi) is 6.18. The zero-order chi connectivity index (χ0) is 18.1. The lowest BCUT2D eigenvalue weighted by molar-refractivity contribution is 0.229. The first-order chi connectivity index (χ1) is 10.2. The van der Waals surface area contributed by atoms with Gasteiger partial charge in [0.1, 0.15) is 0 Å². The first-order valence-corrected chi connectivity index (χ1v) is 10.00. The van der Waals surface area contributed by atoms with Gasteiger partial charge in [0.05, 0.1) is 4.90 Å². The van der Waals surface area contributed by atoms with Crippen molar-refractivity contribution in [3.8, 4) is 0 Å². The molecule has 0 saturated carbocycles. The van der Waals surface area contributed by atoms with E-state index in [1.54, 1.807) is 16.3 Å². The normalized spacial score (nSPS) is 16.1. The molecule has 2 atom stereocenters. The summed E-state index contributed by atoms with van der Waals surface area (Å²) in [7, 11) is -4.04. The first kappa shape index (κ1) is 20.3. The van der Waals surface area contributed by atoms with Gasteiger partial charge in [0, 0.05) is 11.3 Å². The van der Waals surface area contributed by atoms with Crippen molar-refractivity contribution in [1.82, 2.24) is 4.13 Å². The van der Waals surface area contributed by atoms with Crippen LogP contribution in [0.2, 0.25) is 0 Å². The van der Waals surface area contributed by atoms with Crippen LogP contribution in [0.4, 0.5) is 0 Å². The molecule has 2 unspecified atom stereocenters. The van der Waals surface area contributed by atoms with Crippen molar-refractivity contribution in [3.05, 3.63) is 29.8 Å². The average Bonchev–Trinajstić information content (AvgIpc) is 2.32. The number of nitrogens with one attached hydrogen (secondary N) is 1. The summed E-state index contributed by atoms with van der Waals surface area (Å²) in [6.45, 7) is 13.0. The second-order valence-corrected chi connectivity index (χ2v) is 10.7. The molecule has 0 spiro atoms. The van der Waals surface area contributed by atoms with Gasteiger partial charge in [-0.3, -0.25) is 4.21 Å². The Morgan fingerprint density at radius 1 is 1.09 bits per heavy atom. The van der Waals surface area contributed by atoms with Crippen molar-refractivity contribution in [2.45, 2.75) is 58.8 Å². The Labute approximate surface area is 142 Å². The fourth-order valence-electron chi connectivity index (χ4n) is 2.55. The van der Waals surface area contributed by atoms with Crippen LogP contribution in [-0.4, -0.2) is 17.2 Å². The van der Waals surface area contributed by atoms with Crippen molar-refractivity contribution in [2.75, 3.05) is 0 Å². The van der Waals surface area contributed by atoms with Gasteiger partial charge in [0.25, 0.3) is 10.0 Å². The van der Waals surface area contributed by atoms with Crippen LogP contribution < -0.4 is 4.13 Å². The number of rotatable bonds is 5. The summed E-state index contributed by atoms with van der Waals surface area (Å²) in [5.74, 6) is 0.265. The highest BCUT2D eigenvalue weighted by molar-refractivity contribution is 8.00. The fourth-order valence-corrected chi connectivity index (χ4v) is 4.15. The van der Waals surface area contributed by atoms with Crippen LogP contribution in [0.1, 0.15) is 59.4 Å². The van der Waals surface area contributed by atoms with Gasteiger partial charge in [0.2, 0.25) is 0 Å². The number of hydrogen-bond acceptors (Lipinski definition) is 4. The number of benzene rings is 1. The van der Waals surface area contributed by atoms with Crippen LogP contribution in [0, 0.1) is 10.8 Å². The van der Waals surface area contributed by atoms with Crippen molar-refractivity contribution >= 4 is 21.3 Å². The summed E-state index contributed by atoms with van der Waals surface area (Å²) in [5.41, 5.74) is 1.22. The lowest BCUT2D eigenvalue weighted by atomic mass is 9.69. The third-order valence-electron chi connectivity index (χ3n) is 3.63. The summed E-state index contributed by atoms with van der Waals surface area (Å²) < 4.78 is 46.4. The molecule has 0 aliphatic carbocycles. The van der Waals surface area contributed by atoms with Crippen LogP contribution >= 0.6 is 0 Å². The number of sulfonamides is 1. The fraction of sp³-hybridized carbons (Fsp3) is 0.625. The van der Waals surface area contributed by atoms with Crippen LogP contribution in [0.25, 0.3) is 0 Å². The lowest BCUT2D eigenvalue weighted by Gasteiger charge is -2.36. The molecule has 0 radical (unpaired) electrons. The molecule has 0 fully saturated rings. The molecule has 0 bridgehead atoms. The van der Waals surface area contributed by atoms with Gasteiger partial charge in [-0.05, 0) is 40.9 Å². The Bertz CT molecular complexity index is 653. The molecule has 1 N–H and O–H groups in total. The minimum atomic E-state index is -4.04. The third kappa shape index (κ3) is 6.33. The van der Waals surface area contributed by atoms with E-state index in [0.29, 0.717) is 0 Å². The third-order valence-corrected chi connectivity index (χ3v) is 5.95. The van der Waals surface area contributed by atoms with Crippen LogP contribution in [-0.2, 0) is 21.3 Å². The van der Waals surface area contributed by atoms with E-state index in [1.165, 1.54) is 12.1 Å². The molecule has 1 aromatic carbocycles. The molecule has 7 heteroatoms. The molecule has 0 aromatic heterocycles. The maximum Gasteiger partial charge on any atom is 0.250 e. The standard InChI is InChI=1S/C16H27NO4S2/c1-15(2,3)11-14(16(4,5)6)12-7-9-13(10-8-12)23(20,21)17-22(18)19/h7-10,14,17H,11H2,1-6H3,(H,18,19)/p-1. The summed E-state index contributed by atoms with van der Waals surface area (Å²) >= 11 is -2.87. The zero-order valence-corrected chi connectivity index (χ0v) is 16.2. The molecule has 132 valence electrons. The van der Waals surface area contributed by atoms with E-state index in [-0.39, 0.29) is 21.6 Å². The minimum Gasteiger partial charge on any atom is -0.759 e. The second-order valence-electron chi connectivity index (χ2n) is 8.07. The second kappa shape index (κ2) is 7.01. The molecule has 0 aliphatic heterocycles. The monoisotopic (exact) mass is 360 g/mol. The smallest absolute Gasteiger partial charge is 0.250 e. The molecular weight excluding hydrogens is 334 g/mol. The van der Waals surface area contributed by atoms with Gasteiger partial charge < -0.3 is 4.55 Å². The molecule has 0 saturated heterocycles. The van der Waals surface area contributed by atoms with E-state index < -0.39 is 21.3 Å². The molecule has 1 rings (SSSR count). The maximum absolute atomic E-state index is 11.8. The first-order valence-electron chi connectivity index (χ1n) is 7.44. The Balaban J connectivity index is 3.16. The average molecular weight is 361 g/mol. The van der Waals surface area contributed by atoms with Gasteiger partial charge in [-0.2, -0.15) is 0 Å². The predicted octanol–water partition coefficient (Wildman–Crippen LogP) is 3.32. The van der Waals surface area contributed by atoms with Crippen molar-refractivity contribution in [3.63, 3.8) is 0 Å². The van der Waals surface area contributed by atoms with Gasteiger partial charge >= 0.3 is 0 Å². The van der Waals surface area contributed by atoms with Gasteiger partial charge in [-0.15, -0.1) is 4.13 Å². The van der Waals surface area contributed by atoms with Gasteiger partial charge in [0.15, 0.2) is 0 Å². The van der Waals surface area contributed by atoms with E-state index in [2.05, 4.69) is 41.5 Å². The minimum absolute atomic E-state index is 0.0302. The van der Waals surface area contributed by atoms with Crippen LogP contribution in [0.5, 0.6) is 0 Å². The molecule has 0 heterocycles. The van der Waals surface area contributed by atoms with E-state index in [0.717, 1.165) is 12.0 Å². The van der Waals surface area contributed by atoms with Crippen LogP contribution in [0.15, 0.2) is 29.2 Å². The summed E-state index contributed by atoms with van der Waals surface area (Å²) in [5, 5.41) is 0. The SMILES string of the molecule is CC(C)(C)CC(c1ccc(S(=O)(=O)NS(=O)[O-])cc1)C(C)(C)C. The quantitative estimate of drug-likeness (QED) is 0.816. The van der Waals surface area contributed by atoms with Gasteiger partial charge in [-0.25, -0.2) is 8.42 Å². The molecule has 0 aliphatic rings.